The molecule has 0 spiro atoms. The molecule has 3 rings (SSSR count). The summed E-state index contributed by atoms with van der Waals surface area (Å²) in [5.74, 6) is -2.28. The molecule has 1 fully saturated rings. The number of aliphatic carboxylic acids is 1. The van der Waals surface area contributed by atoms with Gasteiger partial charge in [-0.3, -0.25) is 9.59 Å². The van der Waals surface area contributed by atoms with Crippen molar-refractivity contribution in [3.63, 3.8) is 0 Å². The third kappa shape index (κ3) is 4.47. The second-order valence-electron chi connectivity index (χ2n) is 7.27. The van der Waals surface area contributed by atoms with Crippen LogP contribution in [0.1, 0.15) is 50.2 Å². The van der Waals surface area contributed by atoms with Crippen LogP contribution < -0.4 is 0 Å². The predicted octanol–water partition coefficient (Wildman–Crippen LogP) is 4.60. The SMILES string of the molecule is C=C(CC(=O)O)C(=O)OC(C(=O)C1CCCCC1)c1cccc2ccccc12. The van der Waals surface area contributed by atoms with Crippen molar-refractivity contribution in [2.75, 3.05) is 0 Å². The molecule has 1 saturated carbocycles. The van der Waals surface area contributed by atoms with Crippen LogP contribution in [0.5, 0.6) is 0 Å². The summed E-state index contributed by atoms with van der Waals surface area (Å²) in [6, 6.07) is 13.2. The van der Waals surface area contributed by atoms with Crippen molar-refractivity contribution in [2.24, 2.45) is 5.92 Å². The number of hydrogen-bond donors (Lipinski definition) is 1. The molecule has 2 aromatic rings. The molecular weight excluding hydrogens is 356 g/mol. The predicted molar refractivity (Wildman–Crippen MR) is 106 cm³/mol. The number of carboxylic acids is 1. The quantitative estimate of drug-likeness (QED) is 0.561. The first-order valence-electron chi connectivity index (χ1n) is 9.59. The summed E-state index contributed by atoms with van der Waals surface area (Å²) < 4.78 is 5.57. The van der Waals surface area contributed by atoms with E-state index in [9.17, 15) is 14.4 Å². The van der Waals surface area contributed by atoms with E-state index in [-0.39, 0.29) is 17.3 Å². The molecule has 5 heteroatoms. The van der Waals surface area contributed by atoms with Gasteiger partial charge in [-0.2, -0.15) is 0 Å². The fourth-order valence-corrected chi connectivity index (χ4v) is 3.80. The van der Waals surface area contributed by atoms with Crippen molar-refractivity contribution in [3.8, 4) is 0 Å². The number of carbonyl (C=O) groups is 3. The maximum atomic E-state index is 13.3. The van der Waals surface area contributed by atoms with E-state index in [0.29, 0.717) is 5.56 Å². The Morgan fingerprint density at radius 3 is 2.43 bits per heavy atom. The summed E-state index contributed by atoms with van der Waals surface area (Å²) in [5.41, 5.74) is 0.458. The van der Waals surface area contributed by atoms with E-state index in [1.165, 1.54) is 0 Å². The van der Waals surface area contributed by atoms with Crippen LogP contribution in [-0.4, -0.2) is 22.8 Å². The molecule has 1 aliphatic carbocycles. The molecule has 0 aliphatic heterocycles. The van der Waals surface area contributed by atoms with Gasteiger partial charge < -0.3 is 9.84 Å². The van der Waals surface area contributed by atoms with Crippen molar-refractivity contribution in [2.45, 2.75) is 44.6 Å². The van der Waals surface area contributed by atoms with E-state index < -0.39 is 24.5 Å². The summed E-state index contributed by atoms with van der Waals surface area (Å²) in [6.45, 7) is 3.51. The minimum Gasteiger partial charge on any atom is -0.481 e. The van der Waals surface area contributed by atoms with Crippen molar-refractivity contribution in [1.82, 2.24) is 0 Å². The number of ketones is 1. The number of carboxylic acid groups (broad SMARTS) is 1. The first-order chi connectivity index (χ1) is 13.5. The molecule has 1 atom stereocenters. The highest BCUT2D eigenvalue weighted by Gasteiger charge is 2.33. The van der Waals surface area contributed by atoms with Gasteiger partial charge in [-0.15, -0.1) is 0 Å². The van der Waals surface area contributed by atoms with E-state index >= 15 is 0 Å². The highest BCUT2D eigenvalue weighted by molar-refractivity contribution is 5.98. The zero-order valence-electron chi connectivity index (χ0n) is 15.7. The van der Waals surface area contributed by atoms with Crippen LogP contribution in [0.3, 0.4) is 0 Å². The van der Waals surface area contributed by atoms with Gasteiger partial charge in [-0.1, -0.05) is 68.3 Å². The number of fused-ring (bicyclic) bond motifs is 1. The minimum absolute atomic E-state index is 0.118. The Morgan fingerprint density at radius 1 is 1.04 bits per heavy atom. The summed E-state index contributed by atoms with van der Waals surface area (Å²) in [6.07, 6.45) is 3.07. The van der Waals surface area contributed by atoms with Gasteiger partial charge in [0.05, 0.1) is 6.42 Å². The molecule has 0 amide bonds. The van der Waals surface area contributed by atoms with Crippen molar-refractivity contribution in [3.05, 3.63) is 60.2 Å². The number of rotatable bonds is 7. The van der Waals surface area contributed by atoms with Crippen LogP contribution >= 0.6 is 0 Å². The van der Waals surface area contributed by atoms with Crippen LogP contribution in [0.2, 0.25) is 0 Å². The van der Waals surface area contributed by atoms with Gasteiger partial charge in [0.1, 0.15) is 0 Å². The van der Waals surface area contributed by atoms with Crippen molar-refractivity contribution < 1.29 is 24.2 Å². The highest BCUT2D eigenvalue weighted by Crippen LogP contribution is 2.34. The average molecular weight is 380 g/mol. The summed E-state index contributed by atoms with van der Waals surface area (Å²) in [7, 11) is 0. The van der Waals surface area contributed by atoms with E-state index in [0.717, 1.165) is 42.9 Å². The zero-order valence-corrected chi connectivity index (χ0v) is 15.7. The number of ether oxygens (including phenoxy) is 1. The minimum atomic E-state index is -1.16. The third-order valence-corrected chi connectivity index (χ3v) is 5.25. The molecule has 0 radical (unpaired) electrons. The molecule has 0 saturated heterocycles. The smallest absolute Gasteiger partial charge is 0.335 e. The van der Waals surface area contributed by atoms with Crippen LogP contribution in [0, 0.1) is 5.92 Å². The van der Waals surface area contributed by atoms with E-state index in [1.54, 1.807) is 6.07 Å². The Hall–Kier alpha value is -2.95. The van der Waals surface area contributed by atoms with Crippen molar-refractivity contribution >= 4 is 28.5 Å². The van der Waals surface area contributed by atoms with Gasteiger partial charge in [-0.25, -0.2) is 4.79 Å². The molecule has 1 unspecified atom stereocenters. The van der Waals surface area contributed by atoms with Crippen LogP contribution in [-0.2, 0) is 19.1 Å². The lowest BCUT2D eigenvalue weighted by Crippen LogP contribution is -2.28. The number of Topliss-reactive ketones (excluding diaryl/α,β-unsaturated/α-hetero) is 1. The number of carbonyl (C=O) groups excluding carboxylic acids is 2. The summed E-state index contributed by atoms with van der Waals surface area (Å²) in [5, 5.41) is 10.7. The Morgan fingerprint density at radius 2 is 1.71 bits per heavy atom. The second-order valence-corrected chi connectivity index (χ2v) is 7.27. The Bertz CT molecular complexity index is 903. The third-order valence-electron chi connectivity index (χ3n) is 5.25. The van der Waals surface area contributed by atoms with Gasteiger partial charge >= 0.3 is 11.9 Å². The molecule has 146 valence electrons. The summed E-state index contributed by atoms with van der Waals surface area (Å²) in [4.78, 5) is 36.6. The topological polar surface area (TPSA) is 80.7 Å². The van der Waals surface area contributed by atoms with Gasteiger partial charge in [-0.05, 0) is 23.6 Å². The van der Waals surface area contributed by atoms with E-state index in [2.05, 4.69) is 6.58 Å². The van der Waals surface area contributed by atoms with Gasteiger partial charge in [0.2, 0.25) is 0 Å². The molecule has 28 heavy (non-hydrogen) atoms. The first-order valence-corrected chi connectivity index (χ1v) is 9.59. The molecule has 0 aromatic heterocycles. The monoisotopic (exact) mass is 380 g/mol. The number of hydrogen-bond acceptors (Lipinski definition) is 4. The maximum Gasteiger partial charge on any atom is 0.335 e. The fraction of sp³-hybridized carbons (Fsp3) is 0.348. The first kappa shape index (κ1) is 19.8. The normalized spacial score (nSPS) is 15.7. The molecule has 1 aliphatic rings. The fourth-order valence-electron chi connectivity index (χ4n) is 3.80. The number of esters is 1. The molecular formula is C23H24O5. The van der Waals surface area contributed by atoms with E-state index in [1.807, 2.05) is 36.4 Å². The lowest BCUT2D eigenvalue weighted by molar-refractivity contribution is -0.154. The molecule has 1 N–H and O–H groups in total. The molecule has 0 heterocycles. The van der Waals surface area contributed by atoms with Crippen molar-refractivity contribution in [1.29, 1.82) is 0 Å². The Balaban J connectivity index is 1.96. The lowest BCUT2D eigenvalue weighted by Gasteiger charge is -2.26. The van der Waals surface area contributed by atoms with Crippen LogP contribution in [0.25, 0.3) is 10.8 Å². The van der Waals surface area contributed by atoms with Gasteiger partial charge in [0.25, 0.3) is 0 Å². The average Bonchev–Trinajstić information content (AvgIpc) is 2.71. The van der Waals surface area contributed by atoms with Gasteiger partial charge in [0.15, 0.2) is 11.9 Å². The standard InChI is InChI=1S/C23H24O5/c1-15(14-20(24)25)23(27)28-22(21(26)17-9-3-2-4-10-17)19-13-7-11-16-8-5-6-12-18(16)19/h5-8,11-13,17,22H,1-4,9-10,14H2,(H,24,25). The molecule has 2 aromatic carbocycles. The second kappa shape index (κ2) is 8.83. The Labute approximate surface area is 164 Å². The Kier molecular flexibility index (Phi) is 6.24. The van der Waals surface area contributed by atoms with Gasteiger partial charge in [0, 0.05) is 17.1 Å². The largest absolute Gasteiger partial charge is 0.481 e. The molecule has 5 nitrogen and oxygen atoms in total. The maximum absolute atomic E-state index is 13.3. The van der Waals surface area contributed by atoms with Crippen LogP contribution in [0.15, 0.2) is 54.6 Å². The number of benzene rings is 2. The van der Waals surface area contributed by atoms with Crippen LogP contribution in [0.4, 0.5) is 0 Å². The van der Waals surface area contributed by atoms with E-state index in [4.69, 9.17) is 9.84 Å². The highest BCUT2D eigenvalue weighted by atomic mass is 16.5. The summed E-state index contributed by atoms with van der Waals surface area (Å²) >= 11 is 0. The lowest BCUT2D eigenvalue weighted by atomic mass is 9.82. The molecule has 0 bridgehead atoms. The zero-order chi connectivity index (χ0) is 20.1.